The number of piperidine rings is 1. The molecule has 0 radical (unpaired) electrons. The van der Waals surface area contributed by atoms with Gasteiger partial charge in [0, 0.05) is 30.4 Å². The standard InChI is InChI=1S/C28H33ClN6O3/c1-37-27-7-5-21(6-8-27)18-35-19-26(32-33-35)4-2-3-11-31-25-9-12-34(13-10-25)28(36)38-20-23-14-22(17-30)15-24(29)16-23/h5-8,14-16,19,25,31H,2-4,9-13,18,20H2,1H3. The van der Waals surface area contributed by atoms with Crippen LogP contribution in [0.4, 0.5) is 4.79 Å². The number of rotatable bonds is 11. The van der Waals surface area contributed by atoms with Gasteiger partial charge in [0.15, 0.2) is 0 Å². The van der Waals surface area contributed by atoms with E-state index in [1.807, 2.05) is 35.1 Å². The Morgan fingerprint density at radius 2 is 1.95 bits per heavy atom. The maximum atomic E-state index is 12.4. The van der Waals surface area contributed by atoms with Crippen LogP contribution in [-0.2, 0) is 24.3 Å². The normalized spacial score (nSPS) is 13.8. The fourth-order valence-electron chi connectivity index (χ4n) is 4.49. The van der Waals surface area contributed by atoms with Crippen LogP contribution in [-0.4, -0.2) is 58.8 Å². The van der Waals surface area contributed by atoms with Gasteiger partial charge in [0.25, 0.3) is 0 Å². The molecule has 1 N–H and O–H groups in total. The number of amides is 1. The van der Waals surface area contributed by atoms with Gasteiger partial charge in [-0.05, 0) is 80.1 Å². The molecule has 0 unspecified atom stereocenters. The van der Waals surface area contributed by atoms with Crippen molar-refractivity contribution < 1.29 is 14.3 Å². The molecule has 200 valence electrons. The first kappa shape index (κ1) is 27.4. The van der Waals surface area contributed by atoms with E-state index in [0.29, 0.717) is 41.8 Å². The van der Waals surface area contributed by atoms with Gasteiger partial charge in [-0.1, -0.05) is 28.9 Å². The van der Waals surface area contributed by atoms with Crippen molar-refractivity contribution in [3.63, 3.8) is 0 Å². The second kappa shape index (κ2) is 13.8. The maximum Gasteiger partial charge on any atom is 0.410 e. The number of nitriles is 1. The maximum absolute atomic E-state index is 12.4. The number of benzene rings is 2. The molecule has 38 heavy (non-hydrogen) atoms. The zero-order valence-corrected chi connectivity index (χ0v) is 22.4. The Morgan fingerprint density at radius 1 is 1.16 bits per heavy atom. The van der Waals surface area contributed by atoms with Crippen LogP contribution >= 0.6 is 11.6 Å². The first-order valence-corrected chi connectivity index (χ1v) is 13.3. The Hall–Kier alpha value is -3.61. The Bertz CT molecular complexity index is 1230. The number of likely N-dealkylation sites (tertiary alicyclic amines) is 1. The van der Waals surface area contributed by atoms with Crippen molar-refractivity contribution in [2.24, 2.45) is 0 Å². The van der Waals surface area contributed by atoms with Gasteiger partial charge >= 0.3 is 6.09 Å². The van der Waals surface area contributed by atoms with E-state index in [9.17, 15) is 4.79 Å². The van der Waals surface area contributed by atoms with Gasteiger partial charge in [0.05, 0.1) is 31.0 Å². The number of aryl methyl sites for hydroxylation is 1. The zero-order chi connectivity index (χ0) is 26.7. The Labute approximate surface area is 228 Å². The van der Waals surface area contributed by atoms with Crippen molar-refractivity contribution in [2.75, 3.05) is 26.7 Å². The number of nitrogens with zero attached hydrogens (tertiary/aromatic N) is 5. The third-order valence-electron chi connectivity index (χ3n) is 6.58. The van der Waals surface area contributed by atoms with Crippen LogP contribution in [0.2, 0.25) is 5.02 Å². The Kier molecular flexibility index (Phi) is 9.96. The smallest absolute Gasteiger partial charge is 0.410 e. The topological polar surface area (TPSA) is 105 Å². The molecule has 3 aromatic rings. The Morgan fingerprint density at radius 3 is 2.68 bits per heavy atom. The molecule has 0 atom stereocenters. The lowest BCUT2D eigenvalue weighted by Gasteiger charge is -2.31. The number of nitrogens with one attached hydrogen (secondary N) is 1. The molecule has 1 aliphatic rings. The fourth-order valence-corrected chi connectivity index (χ4v) is 4.74. The quantitative estimate of drug-likeness (QED) is 0.358. The highest BCUT2D eigenvalue weighted by molar-refractivity contribution is 6.30. The number of carbonyl (C=O) groups is 1. The summed E-state index contributed by atoms with van der Waals surface area (Å²) >= 11 is 6.02. The largest absolute Gasteiger partial charge is 0.497 e. The summed E-state index contributed by atoms with van der Waals surface area (Å²) in [6.45, 7) is 3.04. The first-order chi connectivity index (χ1) is 18.5. The van der Waals surface area contributed by atoms with Gasteiger partial charge in [0.1, 0.15) is 12.4 Å². The summed E-state index contributed by atoms with van der Waals surface area (Å²) in [7, 11) is 1.66. The van der Waals surface area contributed by atoms with Gasteiger partial charge in [-0.3, -0.25) is 0 Å². The average Bonchev–Trinajstić information content (AvgIpc) is 3.39. The second-order valence-corrected chi connectivity index (χ2v) is 9.88. The number of halogens is 1. The van der Waals surface area contributed by atoms with Gasteiger partial charge < -0.3 is 19.7 Å². The molecular weight excluding hydrogens is 504 g/mol. The number of carbonyl (C=O) groups excluding carboxylic acids is 1. The van der Waals surface area contributed by atoms with E-state index in [0.717, 1.165) is 55.7 Å². The zero-order valence-electron chi connectivity index (χ0n) is 21.6. The van der Waals surface area contributed by atoms with E-state index >= 15 is 0 Å². The molecule has 4 rings (SSSR count). The minimum absolute atomic E-state index is 0.0987. The van der Waals surface area contributed by atoms with Crippen LogP contribution in [0.5, 0.6) is 5.75 Å². The van der Waals surface area contributed by atoms with E-state index in [1.54, 1.807) is 30.2 Å². The molecule has 0 spiro atoms. The molecule has 2 heterocycles. The molecule has 2 aromatic carbocycles. The summed E-state index contributed by atoms with van der Waals surface area (Å²) < 4.78 is 12.5. The van der Waals surface area contributed by atoms with E-state index in [1.165, 1.54) is 0 Å². The molecule has 1 fully saturated rings. The van der Waals surface area contributed by atoms with E-state index in [-0.39, 0.29) is 12.7 Å². The lowest BCUT2D eigenvalue weighted by atomic mass is 10.1. The highest BCUT2D eigenvalue weighted by Gasteiger charge is 2.23. The van der Waals surface area contributed by atoms with E-state index in [4.69, 9.17) is 26.3 Å². The summed E-state index contributed by atoms with van der Waals surface area (Å²) in [6, 6.07) is 15.4. The van der Waals surface area contributed by atoms with E-state index in [2.05, 4.69) is 21.7 Å². The fraction of sp³-hybridized carbons (Fsp3) is 0.429. The number of hydrogen-bond acceptors (Lipinski definition) is 7. The predicted octanol–water partition coefficient (Wildman–Crippen LogP) is 4.57. The van der Waals surface area contributed by atoms with Gasteiger partial charge in [-0.25, -0.2) is 9.48 Å². The van der Waals surface area contributed by atoms with Crippen LogP contribution < -0.4 is 10.1 Å². The summed E-state index contributed by atoms with van der Waals surface area (Å²) in [6.07, 6.45) is 6.46. The molecule has 1 amide bonds. The molecule has 1 saturated heterocycles. The van der Waals surface area contributed by atoms with Crippen LogP contribution in [0, 0.1) is 11.3 Å². The van der Waals surface area contributed by atoms with E-state index < -0.39 is 0 Å². The van der Waals surface area contributed by atoms with Crippen LogP contribution in [0.3, 0.4) is 0 Å². The number of unbranched alkanes of at least 4 members (excludes halogenated alkanes) is 1. The third-order valence-corrected chi connectivity index (χ3v) is 6.80. The van der Waals surface area contributed by atoms with Crippen LogP contribution in [0.15, 0.2) is 48.7 Å². The molecule has 0 saturated carbocycles. The highest BCUT2D eigenvalue weighted by atomic mass is 35.5. The molecule has 9 nitrogen and oxygen atoms in total. The van der Waals surface area contributed by atoms with Crippen molar-refractivity contribution in [3.8, 4) is 11.8 Å². The Balaban J connectivity index is 1.08. The number of hydrogen-bond donors (Lipinski definition) is 1. The lowest BCUT2D eigenvalue weighted by molar-refractivity contribution is 0.0853. The molecular formula is C28H33ClN6O3. The summed E-state index contributed by atoms with van der Waals surface area (Å²) in [5.41, 5.74) is 3.32. The molecule has 10 heteroatoms. The SMILES string of the molecule is COc1ccc(Cn2cc(CCCCNC3CCN(C(=O)OCc4cc(Cl)cc(C#N)c4)CC3)nn2)cc1. The number of methoxy groups -OCH3 is 1. The van der Waals surface area contributed by atoms with Gasteiger partial charge in [-0.2, -0.15) is 5.26 Å². The average molecular weight is 537 g/mol. The van der Waals surface area contributed by atoms with Gasteiger partial charge in [0.2, 0.25) is 0 Å². The highest BCUT2D eigenvalue weighted by Crippen LogP contribution is 2.17. The van der Waals surface area contributed by atoms with Crippen LogP contribution in [0.1, 0.15) is 48.1 Å². The molecule has 1 aliphatic heterocycles. The first-order valence-electron chi connectivity index (χ1n) is 12.9. The van der Waals surface area contributed by atoms with Crippen molar-refractivity contribution in [1.29, 1.82) is 5.26 Å². The number of aromatic nitrogens is 3. The molecule has 1 aromatic heterocycles. The van der Waals surface area contributed by atoms with Crippen LogP contribution in [0.25, 0.3) is 0 Å². The van der Waals surface area contributed by atoms with Crippen molar-refractivity contribution in [2.45, 2.75) is 51.3 Å². The predicted molar refractivity (Wildman–Crippen MR) is 144 cm³/mol. The minimum Gasteiger partial charge on any atom is -0.497 e. The van der Waals surface area contributed by atoms with Crippen molar-refractivity contribution >= 4 is 17.7 Å². The van der Waals surface area contributed by atoms with Gasteiger partial charge in [-0.15, -0.1) is 5.10 Å². The second-order valence-electron chi connectivity index (χ2n) is 9.44. The minimum atomic E-state index is -0.332. The number of ether oxygens (including phenoxy) is 2. The van der Waals surface area contributed by atoms with Crippen molar-refractivity contribution in [1.82, 2.24) is 25.2 Å². The summed E-state index contributed by atoms with van der Waals surface area (Å²) in [5, 5.41) is 21.7. The summed E-state index contributed by atoms with van der Waals surface area (Å²) in [4.78, 5) is 14.2. The lowest BCUT2D eigenvalue weighted by Crippen LogP contribution is -2.45. The monoisotopic (exact) mass is 536 g/mol. The third kappa shape index (κ3) is 8.20. The van der Waals surface area contributed by atoms with Crippen molar-refractivity contribution in [3.05, 3.63) is 76.1 Å². The summed E-state index contributed by atoms with van der Waals surface area (Å²) in [5.74, 6) is 0.844. The molecule has 0 bridgehead atoms. The molecule has 0 aliphatic carbocycles.